The van der Waals surface area contributed by atoms with E-state index in [1.165, 1.54) is 0 Å². The molecule has 29 heavy (non-hydrogen) atoms. The van der Waals surface area contributed by atoms with E-state index in [0.29, 0.717) is 17.3 Å². The van der Waals surface area contributed by atoms with Crippen molar-refractivity contribution >= 4 is 0 Å². The van der Waals surface area contributed by atoms with Gasteiger partial charge < -0.3 is 4.52 Å². The largest absolute Gasteiger partial charge is 0.339 e. The lowest BCUT2D eigenvalue weighted by Crippen LogP contribution is -2.32. The average molecular weight is 394 g/mol. The molecule has 4 rings (SSSR count). The van der Waals surface area contributed by atoms with E-state index in [-0.39, 0.29) is 17.9 Å². The molecule has 1 saturated heterocycles. The highest BCUT2D eigenvalue weighted by Gasteiger charge is 2.25. The summed E-state index contributed by atoms with van der Waals surface area (Å²) in [5.74, 6) is 0.114. The third-order valence-corrected chi connectivity index (χ3v) is 5.24. The normalized spacial score (nSPS) is 15.3. The van der Waals surface area contributed by atoms with Crippen LogP contribution in [0, 0.1) is 23.0 Å². The number of piperidine rings is 1. The van der Waals surface area contributed by atoms with Gasteiger partial charge in [0.05, 0.1) is 11.6 Å². The van der Waals surface area contributed by atoms with Crippen LogP contribution in [0.1, 0.15) is 47.2 Å². The van der Waals surface area contributed by atoms with Gasteiger partial charge in [-0.25, -0.2) is 8.78 Å². The Hall–Kier alpha value is -3.11. The molecule has 7 heteroatoms. The minimum Gasteiger partial charge on any atom is -0.339 e. The van der Waals surface area contributed by atoms with Crippen LogP contribution < -0.4 is 0 Å². The summed E-state index contributed by atoms with van der Waals surface area (Å²) in [6.07, 6.45) is 1.86. The van der Waals surface area contributed by atoms with Crippen LogP contribution in [0.4, 0.5) is 8.78 Å². The lowest BCUT2D eigenvalue weighted by atomic mass is 9.96. The van der Waals surface area contributed by atoms with E-state index in [9.17, 15) is 8.78 Å². The van der Waals surface area contributed by atoms with Gasteiger partial charge in [-0.15, -0.1) is 0 Å². The Morgan fingerprint density at radius 2 is 1.97 bits per heavy atom. The first kappa shape index (κ1) is 19.2. The van der Waals surface area contributed by atoms with Crippen molar-refractivity contribution in [1.82, 2.24) is 15.0 Å². The predicted molar refractivity (Wildman–Crippen MR) is 102 cm³/mol. The summed E-state index contributed by atoms with van der Waals surface area (Å²) in [7, 11) is 0. The Morgan fingerprint density at radius 1 is 1.14 bits per heavy atom. The van der Waals surface area contributed by atoms with Crippen LogP contribution in [0.25, 0.3) is 0 Å². The first-order valence-corrected chi connectivity index (χ1v) is 9.58. The maximum atomic E-state index is 13.8. The lowest BCUT2D eigenvalue weighted by molar-refractivity contribution is 0.187. The second-order valence-corrected chi connectivity index (χ2v) is 7.32. The molecular formula is C22H20F2N4O. The summed E-state index contributed by atoms with van der Waals surface area (Å²) in [6.45, 7) is 2.57. The van der Waals surface area contributed by atoms with Crippen LogP contribution >= 0.6 is 0 Å². The average Bonchev–Trinajstić information content (AvgIpc) is 3.20. The van der Waals surface area contributed by atoms with E-state index in [0.717, 1.165) is 56.2 Å². The Balaban J connectivity index is 1.34. The van der Waals surface area contributed by atoms with Gasteiger partial charge >= 0.3 is 0 Å². The topological polar surface area (TPSA) is 66.0 Å². The zero-order valence-corrected chi connectivity index (χ0v) is 15.8. The second-order valence-electron chi connectivity index (χ2n) is 7.32. The van der Waals surface area contributed by atoms with E-state index in [2.05, 4.69) is 21.1 Å². The highest BCUT2D eigenvalue weighted by molar-refractivity contribution is 5.32. The molecule has 3 aromatic rings. The van der Waals surface area contributed by atoms with Crippen molar-refractivity contribution in [3.05, 3.63) is 82.5 Å². The van der Waals surface area contributed by atoms with E-state index < -0.39 is 11.6 Å². The van der Waals surface area contributed by atoms with Gasteiger partial charge in [0.2, 0.25) is 5.89 Å². The minimum atomic E-state index is -0.488. The summed E-state index contributed by atoms with van der Waals surface area (Å²) >= 11 is 0. The molecule has 1 aliphatic heterocycles. The van der Waals surface area contributed by atoms with Crippen molar-refractivity contribution in [3.8, 4) is 6.07 Å². The molecule has 0 N–H and O–H groups in total. The predicted octanol–water partition coefficient (Wildman–Crippen LogP) is 4.19. The number of hydrogen-bond acceptors (Lipinski definition) is 5. The SMILES string of the molecule is N#Cc1cccc(CN2CCC(c3nc(Cc4cc(F)ccc4F)no3)CC2)c1. The van der Waals surface area contributed by atoms with Gasteiger partial charge in [0, 0.05) is 18.9 Å². The van der Waals surface area contributed by atoms with Crippen molar-refractivity contribution in [2.45, 2.75) is 31.7 Å². The smallest absolute Gasteiger partial charge is 0.229 e. The number of benzene rings is 2. The summed E-state index contributed by atoms with van der Waals surface area (Å²) in [4.78, 5) is 6.75. The lowest BCUT2D eigenvalue weighted by Gasteiger charge is -2.30. The number of likely N-dealkylation sites (tertiary alicyclic amines) is 1. The third-order valence-electron chi connectivity index (χ3n) is 5.24. The zero-order chi connectivity index (χ0) is 20.2. The van der Waals surface area contributed by atoms with Gasteiger partial charge in [-0.1, -0.05) is 17.3 Å². The fourth-order valence-electron chi connectivity index (χ4n) is 3.69. The van der Waals surface area contributed by atoms with Crippen LogP contribution in [-0.2, 0) is 13.0 Å². The molecule has 0 spiro atoms. The molecule has 1 aliphatic rings. The molecule has 0 unspecified atom stereocenters. The van der Waals surface area contributed by atoms with Gasteiger partial charge in [-0.2, -0.15) is 10.2 Å². The van der Waals surface area contributed by atoms with Crippen molar-refractivity contribution < 1.29 is 13.3 Å². The van der Waals surface area contributed by atoms with Crippen molar-refractivity contribution in [2.75, 3.05) is 13.1 Å². The Kier molecular flexibility index (Phi) is 5.63. The summed E-state index contributed by atoms with van der Waals surface area (Å²) < 4.78 is 32.5. The van der Waals surface area contributed by atoms with Gasteiger partial charge in [0.1, 0.15) is 11.6 Å². The van der Waals surface area contributed by atoms with Crippen molar-refractivity contribution in [2.24, 2.45) is 0 Å². The molecule has 2 heterocycles. The highest BCUT2D eigenvalue weighted by Crippen LogP contribution is 2.28. The molecule has 1 fully saturated rings. The molecule has 0 radical (unpaired) electrons. The summed E-state index contributed by atoms with van der Waals surface area (Å²) in [5, 5.41) is 13.0. The molecule has 0 atom stereocenters. The van der Waals surface area contributed by atoms with Crippen molar-refractivity contribution in [1.29, 1.82) is 5.26 Å². The monoisotopic (exact) mass is 394 g/mol. The van der Waals surface area contributed by atoms with Crippen LogP contribution in [0.3, 0.4) is 0 Å². The Labute approximate surface area is 167 Å². The number of aromatic nitrogens is 2. The second kappa shape index (κ2) is 8.50. The number of rotatable bonds is 5. The molecule has 1 aromatic heterocycles. The van der Waals surface area contributed by atoms with Crippen LogP contribution in [0.2, 0.25) is 0 Å². The summed E-state index contributed by atoms with van der Waals surface area (Å²) in [6, 6.07) is 13.2. The third kappa shape index (κ3) is 4.66. The molecule has 2 aromatic carbocycles. The molecule has 5 nitrogen and oxygen atoms in total. The fourth-order valence-corrected chi connectivity index (χ4v) is 3.69. The first-order chi connectivity index (χ1) is 14.1. The van der Waals surface area contributed by atoms with Crippen LogP contribution in [0.5, 0.6) is 0 Å². The first-order valence-electron chi connectivity index (χ1n) is 9.58. The van der Waals surface area contributed by atoms with Crippen molar-refractivity contribution in [3.63, 3.8) is 0 Å². The number of halogens is 2. The maximum Gasteiger partial charge on any atom is 0.229 e. The van der Waals surface area contributed by atoms with Crippen LogP contribution in [0.15, 0.2) is 47.0 Å². The van der Waals surface area contributed by atoms with Crippen LogP contribution in [-0.4, -0.2) is 28.1 Å². The van der Waals surface area contributed by atoms with Gasteiger partial charge in [-0.05, 0) is 67.4 Å². The zero-order valence-electron chi connectivity index (χ0n) is 15.8. The summed E-state index contributed by atoms with van der Waals surface area (Å²) in [5.41, 5.74) is 2.01. The number of hydrogen-bond donors (Lipinski definition) is 0. The number of nitriles is 1. The van der Waals surface area contributed by atoms with E-state index in [4.69, 9.17) is 9.78 Å². The quantitative estimate of drug-likeness (QED) is 0.649. The molecule has 0 amide bonds. The van der Waals surface area contributed by atoms with E-state index in [1.54, 1.807) is 6.07 Å². The highest BCUT2D eigenvalue weighted by atomic mass is 19.1. The van der Waals surface area contributed by atoms with Gasteiger partial charge in [-0.3, -0.25) is 4.90 Å². The number of nitrogens with zero attached hydrogens (tertiary/aromatic N) is 4. The van der Waals surface area contributed by atoms with Gasteiger partial charge in [0.25, 0.3) is 0 Å². The molecule has 0 saturated carbocycles. The van der Waals surface area contributed by atoms with E-state index in [1.807, 2.05) is 18.2 Å². The fraction of sp³-hybridized carbons (Fsp3) is 0.318. The molecule has 148 valence electrons. The van der Waals surface area contributed by atoms with E-state index >= 15 is 0 Å². The Morgan fingerprint density at radius 3 is 2.76 bits per heavy atom. The Bertz CT molecular complexity index is 1040. The molecule has 0 aliphatic carbocycles. The standard InChI is InChI=1S/C22H20F2N4O/c23-19-4-5-20(24)18(11-19)12-21-26-22(29-27-21)17-6-8-28(9-7-17)14-16-3-1-2-15(10-16)13-25/h1-5,10-11,17H,6-9,12,14H2. The molecular weight excluding hydrogens is 374 g/mol. The maximum absolute atomic E-state index is 13.8. The minimum absolute atomic E-state index is 0.0984. The van der Waals surface area contributed by atoms with Gasteiger partial charge in [0.15, 0.2) is 5.82 Å². The molecule has 0 bridgehead atoms.